The van der Waals surface area contributed by atoms with Crippen LogP contribution in [0.25, 0.3) is 0 Å². The lowest BCUT2D eigenvalue weighted by atomic mass is 10.0. The molecule has 0 spiro atoms. The van der Waals surface area contributed by atoms with Crippen LogP contribution < -0.4 is 5.73 Å². The fourth-order valence-electron chi connectivity index (χ4n) is 1.60. The van der Waals surface area contributed by atoms with Crippen molar-refractivity contribution in [3.05, 3.63) is 28.6 Å². The Morgan fingerprint density at radius 3 is 2.71 bits per heavy atom. The van der Waals surface area contributed by atoms with E-state index in [1.165, 1.54) is 13.2 Å². The second-order valence-electron chi connectivity index (χ2n) is 3.54. The summed E-state index contributed by atoms with van der Waals surface area (Å²) >= 11 is 0. The summed E-state index contributed by atoms with van der Waals surface area (Å²) in [7, 11) is 1.20. The first-order valence-corrected chi connectivity index (χ1v) is 5.04. The van der Waals surface area contributed by atoms with Gasteiger partial charge in [-0.05, 0) is 18.6 Å². The van der Waals surface area contributed by atoms with Crippen molar-refractivity contribution in [1.29, 1.82) is 0 Å². The number of hydrogen-bond donors (Lipinski definition) is 1. The number of esters is 1. The predicted octanol–water partition coefficient (Wildman–Crippen LogP) is 1.50. The first-order valence-electron chi connectivity index (χ1n) is 5.04. The van der Waals surface area contributed by atoms with Gasteiger partial charge in [-0.25, -0.2) is 8.78 Å². The number of aromatic nitrogens is 1. The Morgan fingerprint density at radius 1 is 1.59 bits per heavy atom. The van der Waals surface area contributed by atoms with Crippen molar-refractivity contribution in [2.45, 2.75) is 26.3 Å². The van der Waals surface area contributed by atoms with Gasteiger partial charge in [-0.15, -0.1) is 0 Å². The fourth-order valence-corrected chi connectivity index (χ4v) is 1.60. The van der Waals surface area contributed by atoms with Gasteiger partial charge in [0.1, 0.15) is 0 Å². The van der Waals surface area contributed by atoms with Crippen molar-refractivity contribution in [1.82, 2.24) is 4.98 Å². The molecule has 0 amide bonds. The molecule has 4 nitrogen and oxygen atoms in total. The van der Waals surface area contributed by atoms with E-state index in [1.807, 2.05) is 0 Å². The molecule has 0 atom stereocenters. The SMILES string of the molecule is COC(=O)Cc1nc(C)cc(CN)c1C(F)F. The van der Waals surface area contributed by atoms with Crippen molar-refractivity contribution >= 4 is 5.97 Å². The number of nitrogens with two attached hydrogens (primary N) is 1. The number of halogens is 2. The number of methoxy groups -OCH3 is 1. The quantitative estimate of drug-likeness (QED) is 0.815. The number of aryl methyl sites for hydroxylation is 1. The number of carbonyl (C=O) groups excluding carboxylic acids is 1. The van der Waals surface area contributed by atoms with Crippen molar-refractivity contribution in [2.75, 3.05) is 7.11 Å². The molecule has 6 heteroatoms. The van der Waals surface area contributed by atoms with Gasteiger partial charge in [0, 0.05) is 17.8 Å². The number of carbonyl (C=O) groups is 1. The summed E-state index contributed by atoms with van der Waals surface area (Å²) in [6, 6.07) is 1.50. The van der Waals surface area contributed by atoms with E-state index in [1.54, 1.807) is 6.92 Å². The molecule has 1 aromatic rings. The van der Waals surface area contributed by atoms with Gasteiger partial charge in [0.2, 0.25) is 0 Å². The molecule has 0 fully saturated rings. The minimum absolute atomic E-state index is 0.0167. The van der Waals surface area contributed by atoms with E-state index in [0.717, 1.165) is 0 Å². The topological polar surface area (TPSA) is 65.2 Å². The second-order valence-corrected chi connectivity index (χ2v) is 3.54. The highest BCUT2D eigenvalue weighted by molar-refractivity contribution is 5.72. The van der Waals surface area contributed by atoms with E-state index in [-0.39, 0.29) is 24.2 Å². The molecular weight excluding hydrogens is 230 g/mol. The molecule has 0 aliphatic rings. The predicted molar refractivity (Wildman–Crippen MR) is 57.5 cm³/mol. The third-order valence-corrected chi connectivity index (χ3v) is 2.33. The Labute approximate surface area is 97.8 Å². The van der Waals surface area contributed by atoms with Gasteiger partial charge in [-0.2, -0.15) is 0 Å². The van der Waals surface area contributed by atoms with E-state index in [0.29, 0.717) is 11.3 Å². The van der Waals surface area contributed by atoms with E-state index < -0.39 is 12.4 Å². The van der Waals surface area contributed by atoms with Crippen molar-refractivity contribution < 1.29 is 18.3 Å². The molecular formula is C11H14F2N2O2. The van der Waals surface area contributed by atoms with Gasteiger partial charge < -0.3 is 10.5 Å². The summed E-state index contributed by atoms with van der Waals surface area (Å²) in [5.74, 6) is -0.604. The fraction of sp³-hybridized carbons (Fsp3) is 0.455. The summed E-state index contributed by atoms with van der Waals surface area (Å²) in [6.45, 7) is 1.65. The van der Waals surface area contributed by atoms with Crippen LogP contribution in [0, 0.1) is 6.92 Å². The Kier molecular flexibility index (Phi) is 4.51. The molecule has 0 aliphatic heterocycles. The van der Waals surface area contributed by atoms with Gasteiger partial charge in [0.15, 0.2) is 0 Å². The second kappa shape index (κ2) is 5.67. The third-order valence-electron chi connectivity index (χ3n) is 2.33. The first-order chi connectivity index (χ1) is 7.99. The molecule has 17 heavy (non-hydrogen) atoms. The summed E-state index contributed by atoms with van der Waals surface area (Å²) in [5, 5.41) is 0. The third kappa shape index (κ3) is 3.20. The highest BCUT2D eigenvalue weighted by Crippen LogP contribution is 2.26. The number of nitrogens with zero attached hydrogens (tertiary/aromatic N) is 1. The maximum absolute atomic E-state index is 12.9. The maximum Gasteiger partial charge on any atom is 0.311 e. The van der Waals surface area contributed by atoms with Crippen LogP contribution in [0.5, 0.6) is 0 Å². The van der Waals surface area contributed by atoms with Crippen molar-refractivity contribution in [3.63, 3.8) is 0 Å². The van der Waals surface area contributed by atoms with Gasteiger partial charge in [0.05, 0.1) is 19.2 Å². The van der Waals surface area contributed by atoms with Crippen molar-refractivity contribution in [2.24, 2.45) is 5.73 Å². The molecule has 0 bridgehead atoms. The minimum Gasteiger partial charge on any atom is -0.469 e. The van der Waals surface area contributed by atoms with Crippen LogP contribution in [-0.2, 0) is 22.5 Å². The van der Waals surface area contributed by atoms with Crippen LogP contribution >= 0.6 is 0 Å². The average Bonchev–Trinajstić information content (AvgIpc) is 2.27. The van der Waals surface area contributed by atoms with Crippen molar-refractivity contribution in [3.8, 4) is 0 Å². The largest absolute Gasteiger partial charge is 0.469 e. The minimum atomic E-state index is -2.71. The van der Waals surface area contributed by atoms with Gasteiger partial charge in [0.25, 0.3) is 6.43 Å². The summed E-state index contributed by atoms with van der Waals surface area (Å²) in [4.78, 5) is 15.1. The highest BCUT2D eigenvalue weighted by Gasteiger charge is 2.21. The molecule has 1 rings (SSSR count). The van der Waals surface area contributed by atoms with Gasteiger partial charge >= 0.3 is 5.97 Å². The molecule has 0 radical (unpaired) electrons. The van der Waals surface area contributed by atoms with E-state index in [2.05, 4.69) is 9.72 Å². The Hall–Kier alpha value is -1.56. The number of alkyl halides is 2. The molecule has 0 saturated carbocycles. The Morgan fingerprint density at radius 2 is 2.24 bits per heavy atom. The zero-order valence-electron chi connectivity index (χ0n) is 9.67. The molecule has 0 unspecified atom stereocenters. The standard InChI is InChI=1S/C11H14F2N2O2/c1-6-3-7(5-14)10(11(12)13)8(15-6)4-9(16)17-2/h3,11H,4-5,14H2,1-2H3. The lowest BCUT2D eigenvalue weighted by molar-refractivity contribution is -0.139. The smallest absolute Gasteiger partial charge is 0.311 e. The molecule has 1 aromatic heterocycles. The van der Waals surface area contributed by atoms with Gasteiger partial charge in [-0.3, -0.25) is 9.78 Å². The zero-order valence-corrected chi connectivity index (χ0v) is 9.67. The molecule has 1 heterocycles. The van der Waals surface area contributed by atoms with E-state index in [4.69, 9.17) is 5.73 Å². The van der Waals surface area contributed by atoms with Crippen LogP contribution in [0.1, 0.15) is 28.9 Å². The summed E-state index contributed by atoms with van der Waals surface area (Å²) in [5.41, 5.74) is 6.05. The molecule has 0 aliphatic carbocycles. The Bertz CT molecular complexity index is 422. The zero-order chi connectivity index (χ0) is 13.0. The average molecular weight is 244 g/mol. The number of pyridine rings is 1. The lowest BCUT2D eigenvalue weighted by Crippen LogP contribution is -2.13. The molecule has 0 saturated heterocycles. The normalized spacial score (nSPS) is 10.7. The number of ether oxygens (including phenoxy) is 1. The first kappa shape index (κ1) is 13.5. The summed E-state index contributed by atoms with van der Waals surface area (Å²) < 4.78 is 30.3. The highest BCUT2D eigenvalue weighted by atomic mass is 19.3. The monoisotopic (exact) mass is 244 g/mol. The molecule has 94 valence electrons. The van der Waals surface area contributed by atoms with Gasteiger partial charge in [-0.1, -0.05) is 0 Å². The van der Waals surface area contributed by atoms with Crippen LogP contribution in [0.3, 0.4) is 0 Å². The van der Waals surface area contributed by atoms with Crippen LogP contribution in [0.4, 0.5) is 8.78 Å². The number of rotatable bonds is 4. The number of hydrogen-bond acceptors (Lipinski definition) is 4. The van der Waals surface area contributed by atoms with E-state index in [9.17, 15) is 13.6 Å². The van der Waals surface area contributed by atoms with Crippen LogP contribution in [0.15, 0.2) is 6.07 Å². The Balaban J connectivity index is 3.25. The lowest BCUT2D eigenvalue weighted by Gasteiger charge is -2.13. The molecule has 0 aromatic carbocycles. The summed E-state index contributed by atoms with van der Waals surface area (Å²) in [6.07, 6.45) is -2.98. The van der Waals surface area contributed by atoms with Crippen LogP contribution in [0.2, 0.25) is 0 Å². The van der Waals surface area contributed by atoms with Crippen LogP contribution in [-0.4, -0.2) is 18.1 Å². The van der Waals surface area contributed by atoms with E-state index >= 15 is 0 Å². The maximum atomic E-state index is 12.9. The molecule has 2 N–H and O–H groups in total.